The lowest BCUT2D eigenvalue weighted by molar-refractivity contribution is 1.34. The van der Waals surface area contributed by atoms with E-state index in [-0.39, 0.29) is 6.62 Å². The molecule has 0 heterocycles. The van der Waals surface area contributed by atoms with Crippen molar-refractivity contribution in [3.63, 3.8) is 0 Å². The third kappa shape index (κ3) is 3.73. The van der Waals surface area contributed by atoms with Gasteiger partial charge in [-0.1, -0.05) is 76.2 Å². The van der Waals surface area contributed by atoms with Gasteiger partial charge in [0.1, 0.15) is 0 Å². The zero-order valence-electron chi connectivity index (χ0n) is 9.01. The van der Waals surface area contributed by atoms with E-state index in [0.29, 0.717) is 0 Å². The average Bonchev–Trinajstić information content (AvgIpc) is 2.31. The molecule has 0 unspecified atom stereocenters. The fourth-order valence-electron chi connectivity index (χ4n) is 1.62. The third-order valence-electron chi connectivity index (χ3n) is 2.39. The molecule has 0 radical (unpaired) electrons. The lowest BCUT2D eigenvalue weighted by atomic mass is 10.2. The lowest BCUT2D eigenvalue weighted by Crippen LogP contribution is -1.84. The summed E-state index contributed by atoms with van der Waals surface area (Å²) in [7, 11) is 0. The molecule has 0 saturated heterocycles. The monoisotopic (exact) mass is 292 g/mol. The van der Waals surface area contributed by atoms with Gasteiger partial charge in [0.2, 0.25) is 0 Å². The smallest absolute Gasteiger partial charge is 0.00284 e. The summed E-state index contributed by atoms with van der Waals surface area (Å²) in [6.07, 6.45) is 2.29. The molecule has 0 saturated carbocycles. The van der Waals surface area contributed by atoms with E-state index in [2.05, 4.69) is 76.2 Å². The largest absolute Gasteiger partial charge is 0.0622 e. The Morgan fingerprint density at radius 1 is 0.688 bits per heavy atom. The van der Waals surface area contributed by atoms with Crippen molar-refractivity contribution in [3.8, 4) is 0 Å². The Morgan fingerprint density at radius 2 is 1.06 bits per heavy atom. The van der Waals surface area contributed by atoms with E-state index in [9.17, 15) is 0 Å². The molecular weight excluding hydrogens is 279 g/mol. The Kier molecular flexibility index (Phi) is 4.56. The minimum atomic E-state index is -0.121. The summed E-state index contributed by atoms with van der Waals surface area (Å²) in [5.41, 5.74) is 2.84. The highest BCUT2D eigenvalue weighted by molar-refractivity contribution is 9.39. The van der Waals surface area contributed by atoms with Crippen molar-refractivity contribution in [1.82, 2.24) is 0 Å². The van der Waals surface area contributed by atoms with Crippen LogP contribution in [0.1, 0.15) is 11.1 Å². The maximum Gasteiger partial charge on any atom is 0.00284 e. The predicted octanol–water partition coefficient (Wildman–Crippen LogP) is 5.18. The van der Waals surface area contributed by atoms with Crippen LogP contribution < -0.4 is 0 Å². The Labute approximate surface area is 106 Å². The van der Waals surface area contributed by atoms with E-state index in [0.717, 1.165) is 12.3 Å². The summed E-state index contributed by atoms with van der Waals surface area (Å²) < 4.78 is 0. The van der Waals surface area contributed by atoms with Gasteiger partial charge in [-0.15, -0.1) is 0 Å². The Hall–Kier alpha value is -0.650. The van der Waals surface area contributed by atoms with E-state index in [1.54, 1.807) is 0 Å². The molecule has 0 aliphatic rings. The van der Waals surface area contributed by atoms with Crippen LogP contribution in [0.3, 0.4) is 0 Å². The second-order valence-electron chi connectivity index (χ2n) is 3.75. The quantitative estimate of drug-likeness (QED) is 0.681. The first-order valence-electron chi connectivity index (χ1n) is 5.33. The van der Waals surface area contributed by atoms with Gasteiger partial charge in [0.25, 0.3) is 0 Å². The maximum absolute atomic E-state index is 3.82. The summed E-state index contributed by atoms with van der Waals surface area (Å²) in [4.78, 5) is 0. The molecular formula is C14H14BrP. The Bertz CT molecular complexity index is 372. The van der Waals surface area contributed by atoms with Gasteiger partial charge in [-0.2, -0.15) is 0 Å². The molecule has 2 heteroatoms. The summed E-state index contributed by atoms with van der Waals surface area (Å²) in [6.45, 7) is -0.121. The van der Waals surface area contributed by atoms with Crippen LogP contribution in [0, 0.1) is 0 Å². The third-order valence-corrected chi connectivity index (χ3v) is 5.32. The minimum Gasteiger partial charge on any atom is -0.0622 e. The van der Waals surface area contributed by atoms with Gasteiger partial charge in [0.05, 0.1) is 0 Å². The van der Waals surface area contributed by atoms with Gasteiger partial charge < -0.3 is 0 Å². The van der Waals surface area contributed by atoms with Crippen LogP contribution in [0.25, 0.3) is 0 Å². The second-order valence-corrected chi connectivity index (χ2v) is 8.32. The molecule has 2 aromatic rings. The fraction of sp³-hybridized carbons (Fsp3) is 0.143. The van der Waals surface area contributed by atoms with Crippen molar-refractivity contribution in [1.29, 1.82) is 0 Å². The molecule has 0 amide bonds. The van der Waals surface area contributed by atoms with Gasteiger partial charge in [-0.05, 0) is 17.8 Å². The maximum atomic E-state index is 3.82. The van der Waals surface area contributed by atoms with Crippen molar-refractivity contribution >= 4 is 22.1 Å². The van der Waals surface area contributed by atoms with Gasteiger partial charge in [-0.25, -0.2) is 0 Å². The van der Waals surface area contributed by atoms with Crippen LogP contribution in [0.15, 0.2) is 60.7 Å². The number of hydrogen-bond donors (Lipinski definition) is 0. The number of rotatable bonds is 4. The topological polar surface area (TPSA) is 0 Å². The van der Waals surface area contributed by atoms with Crippen LogP contribution in [0.5, 0.6) is 0 Å². The van der Waals surface area contributed by atoms with Gasteiger partial charge >= 0.3 is 0 Å². The van der Waals surface area contributed by atoms with E-state index < -0.39 is 0 Å². The normalized spacial score (nSPS) is 10.6. The van der Waals surface area contributed by atoms with Crippen LogP contribution in [-0.2, 0) is 12.3 Å². The Balaban J connectivity index is 1.92. The SMILES string of the molecule is BrP(Cc1ccccc1)Cc1ccccc1. The first-order valence-corrected chi connectivity index (χ1v) is 9.06. The van der Waals surface area contributed by atoms with Crippen molar-refractivity contribution in [2.45, 2.75) is 12.3 Å². The molecule has 0 nitrogen and oxygen atoms in total. The highest BCUT2D eigenvalue weighted by atomic mass is 79.9. The minimum absolute atomic E-state index is 0.121. The van der Waals surface area contributed by atoms with Crippen LogP contribution in [0.4, 0.5) is 0 Å². The average molecular weight is 293 g/mol. The molecule has 82 valence electrons. The molecule has 0 N–H and O–H groups in total. The number of benzene rings is 2. The van der Waals surface area contributed by atoms with E-state index in [4.69, 9.17) is 0 Å². The summed E-state index contributed by atoms with van der Waals surface area (Å²) >= 11 is 3.82. The van der Waals surface area contributed by atoms with Gasteiger partial charge in [0.15, 0.2) is 0 Å². The van der Waals surface area contributed by atoms with E-state index in [1.165, 1.54) is 11.1 Å². The highest BCUT2D eigenvalue weighted by Crippen LogP contribution is 2.50. The molecule has 2 rings (SSSR count). The van der Waals surface area contributed by atoms with E-state index in [1.807, 2.05) is 0 Å². The van der Waals surface area contributed by atoms with Crippen LogP contribution >= 0.6 is 22.1 Å². The van der Waals surface area contributed by atoms with Crippen LogP contribution in [-0.4, -0.2) is 0 Å². The molecule has 0 aliphatic heterocycles. The molecule has 0 bridgehead atoms. The predicted molar refractivity (Wildman–Crippen MR) is 76.1 cm³/mol. The first-order chi connectivity index (χ1) is 7.84. The van der Waals surface area contributed by atoms with E-state index >= 15 is 0 Å². The van der Waals surface area contributed by atoms with Crippen molar-refractivity contribution in [3.05, 3.63) is 71.8 Å². The van der Waals surface area contributed by atoms with Crippen molar-refractivity contribution in [2.24, 2.45) is 0 Å². The first kappa shape index (κ1) is 11.8. The number of hydrogen-bond acceptors (Lipinski definition) is 0. The van der Waals surface area contributed by atoms with Crippen LogP contribution in [0.2, 0.25) is 0 Å². The zero-order chi connectivity index (χ0) is 11.2. The molecule has 2 aromatic carbocycles. The molecule has 16 heavy (non-hydrogen) atoms. The number of halogens is 1. The molecule has 0 spiro atoms. The summed E-state index contributed by atoms with van der Waals surface area (Å²) in [5, 5.41) is 0. The van der Waals surface area contributed by atoms with Crippen molar-refractivity contribution < 1.29 is 0 Å². The van der Waals surface area contributed by atoms with Gasteiger partial charge in [0, 0.05) is 12.3 Å². The molecule has 0 aromatic heterocycles. The van der Waals surface area contributed by atoms with Gasteiger partial charge in [-0.3, -0.25) is 0 Å². The van der Waals surface area contributed by atoms with Crippen molar-refractivity contribution in [2.75, 3.05) is 0 Å². The molecule has 0 atom stereocenters. The fourth-order valence-corrected chi connectivity index (χ4v) is 4.68. The second kappa shape index (κ2) is 6.18. The highest BCUT2D eigenvalue weighted by Gasteiger charge is 2.05. The summed E-state index contributed by atoms with van der Waals surface area (Å²) in [5.74, 6) is 0. The lowest BCUT2D eigenvalue weighted by Gasteiger charge is -2.10. The summed E-state index contributed by atoms with van der Waals surface area (Å²) in [6, 6.07) is 21.3. The molecule has 0 fully saturated rings. The Morgan fingerprint density at radius 3 is 1.44 bits per heavy atom. The standard InChI is InChI=1S/C14H14BrP/c15-16(11-13-7-3-1-4-8-13)12-14-9-5-2-6-10-14/h1-10H,11-12H2. The molecule has 0 aliphatic carbocycles. The zero-order valence-corrected chi connectivity index (χ0v) is 11.5.